The normalized spacial score (nSPS) is 13.9. The number of hydrogen-bond acceptors (Lipinski definition) is 7. The highest BCUT2D eigenvalue weighted by Gasteiger charge is 2.23. The predicted molar refractivity (Wildman–Crippen MR) is 136 cm³/mol. The number of benzene rings is 2. The topological polar surface area (TPSA) is 88.3 Å². The van der Waals surface area contributed by atoms with E-state index in [1.165, 1.54) is 34.6 Å². The largest absolute Gasteiger partial charge is 0.333 e. The van der Waals surface area contributed by atoms with E-state index < -0.39 is 15.8 Å². The van der Waals surface area contributed by atoms with Crippen molar-refractivity contribution in [2.24, 2.45) is 0 Å². The zero-order valence-corrected chi connectivity index (χ0v) is 21.4. The van der Waals surface area contributed by atoms with Gasteiger partial charge in [-0.3, -0.25) is 4.90 Å². The van der Waals surface area contributed by atoms with Crippen LogP contribution in [0, 0.1) is 12.7 Å². The molecule has 1 aliphatic heterocycles. The van der Waals surface area contributed by atoms with E-state index in [1.807, 2.05) is 6.07 Å². The molecule has 0 fully saturated rings. The number of halogens is 2. The number of sulfonamides is 1. The number of aryl methyl sites for hydroxylation is 1. The molecule has 0 atom stereocenters. The van der Waals surface area contributed by atoms with Gasteiger partial charge < -0.3 is 4.52 Å². The fourth-order valence-corrected chi connectivity index (χ4v) is 6.60. The third kappa shape index (κ3) is 5.62. The van der Waals surface area contributed by atoms with Gasteiger partial charge in [0.25, 0.3) is 5.89 Å². The molecule has 1 N–H and O–H groups in total. The fourth-order valence-electron chi connectivity index (χ4n) is 4.07. The summed E-state index contributed by atoms with van der Waals surface area (Å²) >= 11 is 1.26. The Labute approximate surface area is 213 Å². The Balaban J connectivity index is 0.00000289. The number of thiophene rings is 1. The first-order chi connectivity index (χ1) is 16.4. The third-order valence-corrected chi connectivity index (χ3v) is 8.57. The first-order valence-corrected chi connectivity index (χ1v) is 13.2. The van der Waals surface area contributed by atoms with Crippen molar-refractivity contribution in [1.82, 2.24) is 19.8 Å². The predicted octanol–water partition coefficient (Wildman–Crippen LogP) is 4.67. The highest BCUT2D eigenvalue weighted by molar-refractivity contribution is 7.89. The van der Waals surface area contributed by atoms with E-state index in [2.05, 4.69) is 38.0 Å². The molecule has 0 saturated carbocycles. The van der Waals surface area contributed by atoms with Crippen LogP contribution in [0.1, 0.15) is 16.0 Å². The molecule has 2 aromatic heterocycles. The minimum Gasteiger partial charge on any atom is -0.333 e. The molecular formula is C24H24ClFN4O3S2. The molecule has 11 heteroatoms. The van der Waals surface area contributed by atoms with Crippen LogP contribution < -0.4 is 4.72 Å². The zero-order valence-electron chi connectivity index (χ0n) is 18.9. The lowest BCUT2D eigenvalue weighted by atomic mass is 10.0. The highest BCUT2D eigenvalue weighted by Crippen LogP contribution is 2.33. The standard InChI is InChI=1S/C24H23FN4O3S2.ClH/c1-16-22(14-21(33-16)24-27-23(28-32-24)18-7-4-8-20(25)13-18)34(30,31)26-10-12-29-11-9-17-5-2-3-6-19(17)15-29;/h2-8,13-14,26H,9-12,15H2,1H3;1H. The van der Waals surface area contributed by atoms with E-state index in [-0.39, 0.29) is 29.0 Å². The summed E-state index contributed by atoms with van der Waals surface area (Å²) in [7, 11) is -3.70. The fraction of sp³-hybridized carbons (Fsp3) is 0.250. The van der Waals surface area contributed by atoms with Crippen molar-refractivity contribution in [3.8, 4) is 22.2 Å². The van der Waals surface area contributed by atoms with Gasteiger partial charge in [-0.15, -0.1) is 23.7 Å². The van der Waals surface area contributed by atoms with Crippen molar-refractivity contribution in [2.45, 2.75) is 24.8 Å². The van der Waals surface area contributed by atoms with Crippen LogP contribution in [0.4, 0.5) is 4.39 Å². The monoisotopic (exact) mass is 534 g/mol. The lowest BCUT2D eigenvalue weighted by Gasteiger charge is -2.28. The molecule has 0 spiro atoms. The van der Waals surface area contributed by atoms with Crippen LogP contribution in [0.3, 0.4) is 0 Å². The second kappa shape index (κ2) is 10.5. The Morgan fingerprint density at radius 3 is 2.74 bits per heavy atom. The molecule has 0 radical (unpaired) electrons. The van der Waals surface area contributed by atoms with Crippen LogP contribution in [-0.2, 0) is 23.0 Å². The summed E-state index contributed by atoms with van der Waals surface area (Å²) in [5.74, 6) is 0.0380. The van der Waals surface area contributed by atoms with E-state index >= 15 is 0 Å². The molecule has 5 rings (SSSR count). The maximum atomic E-state index is 13.5. The maximum Gasteiger partial charge on any atom is 0.268 e. The maximum absolute atomic E-state index is 13.5. The van der Waals surface area contributed by atoms with Gasteiger partial charge in [-0.2, -0.15) is 4.98 Å². The third-order valence-electron chi connectivity index (χ3n) is 5.81. The number of nitrogens with zero attached hydrogens (tertiary/aromatic N) is 3. The van der Waals surface area contributed by atoms with Crippen LogP contribution in [0.2, 0.25) is 0 Å². The van der Waals surface area contributed by atoms with Gasteiger partial charge in [-0.25, -0.2) is 17.5 Å². The van der Waals surface area contributed by atoms with Crippen LogP contribution in [-0.4, -0.2) is 43.1 Å². The molecule has 7 nitrogen and oxygen atoms in total. The minimum absolute atomic E-state index is 0. The quantitative estimate of drug-likeness (QED) is 0.370. The Bertz CT molecular complexity index is 1440. The summed E-state index contributed by atoms with van der Waals surface area (Å²) in [5.41, 5.74) is 3.15. The Morgan fingerprint density at radius 1 is 1.14 bits per heavy atom. The van der Waals surface area contributed by atoms with E-state index in [1.54, 1.807) is 25.1 Å². The van der Waals surface area contributed by atoms with Gasteiger partial charge in [0, 0.05) is 36.6 Å². The van der Waals surface area contributed by atoms with E-state index in [9.17, 15) is 12.8 Å². The lowest BCUT2D eigenvalue weighted by molar-refractivity contribution is 0.258. The molecule has 0 amide bonds. The molecule has 4 aromatic rings. The zero-order chi connectivity index (χ0) is 23.7. The van der Waals surface area contributed by atoms with Crippen molar-refractivity contribution in [2.75, 3.05) is 19.6 Å². The summed E-state index contributed by atoms with van der Waals surface area (Å²) in [4.78, 5) is 7.93. The number of nitrogens with one attached hydrogen (secondary N) is 1. The Hall–Kier alpha value is -2.63. The van der Waals surface area contributed by atoms with Gasteiger partial charge in [0.1, 0.15) is 5.82 Å². The lowest BCUT2D eigenvalue weighted by Crippen LogP contribution is -2.37. The van der Waals surface area contributed by atoms with Crippen molar-refractivity contribution in [3.63, 3.8) is 0 Å². The molecule has 0 unspecified atom stereocenters. The molecule has 184 valence electrons. The van der Waals surface area contributed by atoms with Crippen LogP contribution in [0.25, 0.3) is 22.2 Å². The minimum atomic E-state index is -3.70. The second-order valence-corrected chi connectivity index (χ2v) is 11.1. The van der Waals surface area contributed by atoms with Crippen LogP contribution in [0.15, 0.2) is 64.0 Å². The molecule has 1 aliphatic rings. The summed E-state index contributed by atoms with van der Waals surface area (Å²) in [6, 6.07) is 15.8. The van der Waals surface area contributed by atoms with Gasteiger partial charge >= 0.3 is 0 Å². The molecule has 0 saturated heterocycles. The van der Waals surface area contributed by atoms with E-state index in [4.69, 9.17) is 4.52 Å². The Kier molecular flexibility index (Phi) is 7.67. The van der Waals surface area contributed by atoms with Crippen molar-refractivity contribution >= 4 is 33.8 Å². The van der Waals surface area contributed by atoms with Gasteiger partial charge in [-0.1, -0.05) is 41.6 Å². The number of aromatic nitrogens is 2. The van der Waals surface area contributed by atoms with Crippen LogP contribution in [0.5, 0.6) is 0 Å². The van der Waals surface area contributed by atoms with Crippen molar-refractivity contribution in [1.29, 1.82) is 0 Å². The van der Waals surface area contributed by atoms with Gasteiger partial charge in [-0.05, 0) is 42.7 Å². The SMILES string of the molecule is Cc1sc(-c2nc(-c3cccc(F)c3)no2)cc1S(=O)(=O)NCCN1CCc2ccccc2C1.Cl. The summed E-state index contributed by atoms with van der Waals surface area (Å²) in [6.07, 6.45) is 0.970. The van der Waals surface area contributed by atoms with E-state index in [0.717, 1.165) is 19.5 Å². The number of fused-ring (bicyclic) bond motifs is 1. The molecular weight excluding hydrogens is 511 g/mol. The summed E-state index contributed by atoms with van der Waals surface area (Å²) in [6.45, 7) is 4.42. The van der Waals surface area contributed by atoms with Gasteiger partial charge in [0.2, 0.25) is 15.8 Å². The second-order valence-electron chi connectivity index (χ2n) is 8.16. The molecule has 0 aliphatic carbocycles. The summed E-state index contributed by atoms with van der Waals surface area (Å²) in [5, 5.41) is 3.91. The number of hydrogen-bond donors (Lipinski definition) is 1. The van der Waals surface area contributed by atoms with Crippen molar-refractivity contribution < 1.29 is 17.3 Å². The Morgan fingerprint density at radius 2 is 1.94 bits per heavy atom. The summed E-state index contributed by atoms with van der Waals surface area (Å²) < 4.78 is 47.5. The average Bonchev–Trinajstić information content (AvgIpc) is 3.46. The van der Waals surface area contributed by atoms with Crippen LogP contribution >= 0.6 is 23.7 Å². The first-order valence-electron chi connectivity index (χ1n) is 10.9. The molecule has 2 aromatic carbocycles. The number of rotatable bonds is 7. The molecule has 3 heterocycles. The first kappa shape index (κ1) is 25.5. The van der Waals surface area contributed by atoms with Crippen molar-refractivity contribution in [3.05, 3.63) is 76.4 Å². The van der Waals surface area contributed by atoms with Gasteiger partial charge in [0.15, 0.2) is 0 Å². The molecule has 0 bridgehead atoms. The molecule has 35 heavy (non-hydrogen) atoms. The smallest absolute Gasteiger partial charge is 0.268 e. The van der Waals surface area contributed by atoms with E-state index in [0.29, 0.717) is 28.4 Å². The van der Waals surface area contributed by atoms with Gasteiger partial charge in [0.05, 0.1) is 9.77 Å². The average molecular weight is 535 g/mol. The highest BCUT2D eigenvalue weighted by atomic mass is 35.5.